The van der Waals surface area contributed by atoms with Crippen molar-refractivity contribution >= 4 is 21.5 Å². The summed E-state index contributed by atoms with van der Waals surface area (Å²) in [4.78, 5) is 8.83. The maximum atomic E-state index is 4.60. The molecule has 2 nitrogen and oxygen atoms in total. The first-order chi connectivity index (χ1) is 9.92. The molecule has 2 aromatic heterocycles. The van der Waals surface area contributed by atoms with E-state index in [-0.39, 0.29) is 0 Å². The summed E-state index contributed by atoms with van der Waals surface area (Å²) in [6.07, 6.45) is 5.65. The first-order valence-electron chi connectivity index (χ1n) is 6.60. The molecular formula is C18H12N2. The third kappa shape index (κ3) is 1.74. The largest absolute Gasteiger partial charge is 0.264 e. The molecule has 94 valence electrons. The molecule has 4 aromatic rings. The van der Waals surface area contributed by atoms with Gasteiger partial charge in [-0.25, -0.2) is 0 Å². The Bertz CT molecular complexity index is 908. The van der Waals surface area contributed by atoms with Crippen LogP contribution in [0, 0.1) is 0 Å². The highest BCUT2D eigenvalue weighted by Crippen LogP contribution is 2.28. The number of rotatable bonds is 1. The molecule has 0 aliphatic heterocycles. The second-order valence-electron chi connectivity index (χ2n) is 4.82. The Labute approximate surface area is 116 Å². The molecule has 0 radical (unpaired) electrons. The normalized spacial score (nSPS) is 11.0. The van der Waals surface area contributed by atoms with Gasteiger partial charge in [0.25, 0.3) is 0 Å². The summed E-state index contributed by atoms with van der Waals surface area (Å²) in [5.41, 5.74) is 2.11. The standard InChI is InChI=1S/C18H12N2/c1-2-5-15-11-20-18(10-14(15)4-1)16-7-3-6-13-8-9-19-12-17(13)16/h1-12H. The van der Waals surface area contributed by atoms with Gasteiger partial charge in [-0.05, 0) is 22.9 Å². The third-order valence-corrected chi connectivity index (χ3v) is 3.59. The smallest absolute Gasteiger partial charge is 0.0715 e. The fourth-order valence-corrected chi connectivity index (χ4v) is 2.57. The van der Waals surface area contributed by atoms with Gasteiger partial charge in [-0.15, -0.1) is 0 Å². The zero-order chi connectivity index (χ0) is 13.4. The van der Waals surface area contributed by atoms with Crippen LogP contribution < -0.4 is 0 Å². The maximum absolute atomic E-state index is 4.60. The molecule has 2 heteroatoms. The number of nitrogens with zero attached hydrogens (tertiary/aromatic N) is 2. The topological polar surface area (TPSA) is 25.8 Å². The van der Waals surface area contributed by atoms with Crippen molar-refractivity contribution in [2.75, 3.05) is 0 Å². The summed E-state index contributed by atoms with van der Waals surface area (Å²) >= 11 is 0. The van der Waals surface area contributed by atoms with Crippen LogP contribution in [0.15, 0.2) is 73.2 Å². The lowest BCUT2D eigenvalue weighted by molar-refractivity contribution is 1.34. The third-order valence-electron chi connectivity index (χ3n) is 3.59. The molecule has 0 atom stereocenters. The molecular weight excluding hydrogens is 244 g/mol. The van der Waals surface area contributed by atoms with Crippen LogP contribution in [0.2, 0.25) is 0 Å². The van der Waals surface area contributed by atoms with Gasteiger partial charge < -0.3 is 0 Å². The zero-order valence-corrected chi connectivity index (χ0v) is 10.8. The van der Waals surface area contributed by atoms with Crippen molar-refractivity contribution in [2.45, 2.75) is 0 Å². The quantitative estimate of drug-likeness (QED) is 0.503. The van der Waals surface area contributed by atoms with Crippen molar-refractivity contribution in [2.24, 2.45) is 0 Å². The van der Waals surface area contributed by atoms with Crippen LogP contribution >= 0.6 is 0 Å². The van der Waals surface area contributed by atoms with E-state index < -0.39 is 0 Å². The second-order valence-corrected chi connectivity index (χ2v) is 4.82. The number of hydrogen-bond donors (Lipinski definition) is 0. The number of hydrogen-bond acceptors (Lipinski definition) is 2. The van der Waals surface area contributed by atoms with E-state index in [1.165, 1.54) is 10.8 Å². The number of aromatic nitrogens is 2. The minimum Gasteiger partial charge on any atom is -0.264 e. The van der Waals surface area contributed by atoms with Gasteiger partial charge in [0.1, 0.15) is 0 Å². The maximum Gasteiger partial charge on any atom is 0.0715 e. The van der Waals surface area contributed by atoms with E-state index in [2.05, 4.69) is 52.4 Å². The monoisotopic (exact) mass is 256 g/mol. The molecule has 0 aliphatic carbocycles. The molecule has 0 bridgehead atoms. The van der Waals surface area contributed by atoms with Gasteiger partial charge in [-0.3, -0.25) is 9.97 Å². The number of benzene rings is 2. The summed E-state index contributed by atoms with van der Waals surface area (Å²) in [6, 6.07) is 18.7. The molecule has 20 heavy (non-hydrogen) atoms. The molecule has 0 saturated carbocycles. The van der Waals surface area contributed by atoms with Crippen LogP contribution in [0.3, 0.4) is 0 Å². The summed E-state index contributed by atoms with van der Waals surface area (Å²) in [5, 5.41) is 4.69. The van der Waals surface area contributed by atoms with Crippen LogP contribution in [0.25, 0.3) is 32.8 Å². The van der Waals surface area contributed by atoms with Gasteiger partial charge in [0.05, 0.1) is 5.69 Å². The molecule has 0 spiro atoms. The fourth-order valence-electron chi connectivity index (χ4n) is 2.57. The Morgan fingerprint density at radius 2 is 1.55 bits per heavy atom. The first kappa shape index (κ1) is 11.1. The van der Waals surface area contributed by atoms with Gasteiger partial charge >= 0.3 is 0 Å². The molecule has 4 rings (SSSR count). The highest BCUT2D eigenvalue weighted by Gasteiger charge is 2.05. The van der Waals surface area contributed by atoms with Crippen molar-refractivity contribution in [1.29, 1.82) is 0 Å². The average molecular weight is 256 g/mol. The first-order valence-corrected chi connectivity index (χ1v) is 6.60. The molecule has 0 fully saturated rings. The van der Waals surface area contributed by atoms with E-state index >= 15 is 0 Å². The average Bonchev–Trinajstić information content (AvgIpc) is 2.54. The van der Waals surface area contributed by atoms with Crippen LogP contribution in [-0.2, 0) is 0 Å². The summed E-state index contributed by atoms with van der Waals surface area (Å²) in [6.45, 7) is 0. The lowest BCUT2D eigenvalue weighted by Gasteiger charge is -2.06. The van der Waals surface area contributed by atoms with Crippen molar-refractivity contribution in [3.05, 3.63) is 73.2 Å². The molecule has 0 amide bonds. The van der Waals surface area contributed by atoms with E-state index in [0.717, 1.165) is 22.0 Å². The SMILES string of the molecule is c1ccc2cc(-c3cccc4ccncc34)ncc2c1. The van der Waals surface area contributed by atoms with Crippen LogP contribution in [0.4, 0.5) is 0 Å². The Hall–Kier alpha value is -2.74. The van der Waals surface area contributed by atoms with E-state index in [9.17, 15) is 0 Å². The van der Waals surface area contributed by atoms with Crippen LogP contribution in [0.1, 0.15) is 0 Å². The van der Waals surface area contributed by atoms with E-state index in [1.807, 2.05) is 30.7 Å². The Morgan fingerprint density at radius 1 is 0.700 bits per heavy atom. The Morgan fingerprint density at radius 3 is 2.50 bits per heavy atom. The molecule has 2 heterocycles. The summed E-state index contributed by atoms with van der Waals surface area (Å²) in [5.74, 6) is 0. The minimum atomic E-state index is 0.988. The van der Waals surface area contributed by atoms with E-state index in [1.54, 1.807) is 0 Å². The van der Waals surface area contributed by atoms with Gasteiger partial charge in [0.15, 0.2) is 0 Å². The number of pyridine rings is 2. The number of fused-ring (bicyclic) bond motifs is 2. The summed E-state index contributed by atoms with van der Waals surface area (Å²) in [7, 11) is 0. The van der Waals surface area contributed by atoms with E-state index in [4.69, 9.17) is 0 Å². The molecule has 0 saturated heterocycles. The van der Waals surface area contributed by atoms with Crippen LogP contribution in [0.5, 0.6) is 0 Å². The Kier molecular flexibility index (Phi) is 2.46. The highest BCUT2D eigenvalue weighted by molar-refractivity contribution is 5.97. The molecule has 2 aromatic carbocycles. The molecule has 0 N–H and O–H groups in total. The zero-order valence-electron chi connectivity index (χ0n) is 10.8. The van der Waals surface area contributed by atoms with E-state index in [0.29, 0.717) is 0 Å². The fraction of sp³-hybridized carbons (Fsp3) is 0. The predicted octanol–water partition coefficient (Wildman–Crippen LogP) is 4.45. The van der Waals surface area contributed by atoms with Crippen molar-refractivity contribution in [3.63, 3.8) is 0 Å². The van der Waals surface area contributed by atoms with Gasteiger partial charge in [-0.1, -0.05) is 42.5 Å². The predicted molar refractivity (Wildman–Crippen MR) is 82.5 cm³/mol. The molecule has 0 aliphatic rings. The van der Waals surface area contributed by atoms with Crippen molar-refractivity contribution < 1.29 is 0 Å². The van der Waals surface area contributed by atoms with Crippen molar-refractivity contribution in [3.8, 4) is 11.3 Å². The molecule has 0 unspecified atom stereocenters. The van der Waals surface area contributed by atoms with Gasteiger partial charge in [-0.2, -0.15) is 0 Å². The van der Waals surface area contributed by atoms with Gasteiger partial charge in [0, 0.05) is 34.9 Å². The lowest BCUT2D eigenvalue weighted by atomic mass is 10.0. The Balaban J connectivity index is 2.01. The van der Waals surface area contributed by atoms with Crippen LogP contribution in [-0.4, -0.2) is 9.97 Å². The minimum absolute atomic E-state index is 0.988. The highest BCUT2D eigenvalue weighted by atomic mass is 14.7. The summed E-state index contributed by atoms with van der Waals surface area (Å²) < 4.78 is 0. The lowest BCUT2D eigenvalue weighted by Crippen LogP contribution is -1.86. The van der Waals surface area contributed by atoms with Crippen molar-refractivity contribution in [1.82, 2.24) is 9.97 Å². The second kappa shape index (κ2) is 4.42. The van der Waals surface area contributed by atoms with Gasteiger partial charge in [0.2, 0.25) is 0 Å².